The third-order valence-corrected chi connectivity index (χ3v) is 3.37. The van der Waals surface area contributed by atoms with Gasteiger partial charge in [0, 0.05) is 12.6 Å². The van der Waals surface area contributed by atoms with Crippen LogP contribution in [-0.2, 0) is 9.59 Å². The van der Waals surface area contributed by atoms with Crippen molar-refractivity contribution in [3.63, 3.8) is 0 Å². The number of nitrogens with one attached hydrogen (secondary N) is 1. The molecule has 1 aliphatic heterocycles. The monoisotopic (exact) mass is 286 g/mol. The summed E-state index contributed by atoms with van der Waals surface area (Å²) in [7, 11) is 1.99. The summed E-state index contributed by atoms with van der Waals surface area (Å²) >= 11 is 0. The molecule has 114 valence electrons. The number of hydrogen-bond donors (Lipinski definition) is 3. The van der Waals surface area contributed by atoms with E-state index in [0.29, 0.717) is 6.54 Å². The molecule has 0 aromatic carbocycles. The molecule has 1 fully saturated rings. The van der Waals surface area contributed by atoms with Gasteiger partial charge in [-0.15, -0.1) is 0 Å². The predicted molar refractivity (Wildman–Crippen MR) is 72.1 cm³/mol. The number of hydrogen-bond acceptors (Lipinski definition) is 4. The van der Waals surface area contributed by atoms with E-state index in [-0.39, 0.29) is 6.04 Å². The Labute approximate surface area is 117 Å². The Balaban J connectivity index is 2.47. The van der Waals surface area contributed by atoms with Crippen LogP contribution in [-0.4, -0.2) is 72.1 Å². The van der Waals surface area contributed by atoms with E-state index in [4.69, 9.17) is 10.8 Å². The number of carboxylic acid groups (broad SMARTS) is 1. The fraction of sp³-hybridized carbons (Fsp3) is 0.750. The number of aliphatic carboxylic acids is 1. The number of likely N-dealkylation sites (N-methyl/N-ethyl adjacent to an activating group) is 1. The van der Waals surface area contributed by atoms with E-state index in [9.17, 15) is 14.4 Å². The van der Waals surface area contributed by atoms with Crippen LogP contribution in [0.3, 0.4) is 0 Å². The number of carboxylic acids is 1. The number of nitrogens with zero attached hydrogens (tertiary/aromatic N) is 2. The zero-order valence-corrected chi connectivity index (χ0v) is 11.7. The molecule has 1 rings (SSSR count). The van der Waals surface area contributed by atoms with Crippen LogP contribution < -0.4 is 11.1 Å². The number of primary amides is 1. The topological polar surface area (TPSA) is 116 Å². The van der Waals surface area contributed by atoms with Gasteiger partial charge in [-0.1, -0.05) is 6.42 Å². The highest BCUT2D eigenvalue weighted by atomic mass is 16.4. The molecule has 0 aromatic heterocycles. The van der Waals surface area contributed by atoms with E-state index in [1.54, 1.807) is 0 Å². The molecule has 1 saturated heterocycles. The Kier molecular flexibility index (Phi) is 6.23. The molecular weight excluding hydrogens is 264 g/mol. The molecule has 1 atom stereocenters. The Morgan fingerprint density at radius 3 is 2.60 bits per heavy atom. The first-order valence-electron chi connectivity index (χ1n) is 6.63. The van der Waals surface area contributed by atoms with Crippen molar-refractivity contribution in [1.82, 2.24) is 15.1 Å². The zero-order valence-electron chi connectivity index (χ0n) is 11.7. The largest absolute Gasteiger partial charge is 0.480 e. The van der Waals surface area contributed by atoms with Gasteiger partial charge in [0.1, 0.15) is 13.1 Å². The average Bonchev–Trinajstić information content (AvgIpc) is 2.35. The number of carbonyl (C=O) groups is 3. The summed E-state index contributed by atoms with van der Waals surface area (Å²) in [6.45, 7) is 0.471. The van der Waals surface area contributed by atoms with Crippen LogP contribution in [0, 0.1) is 0 Å². The van der Waals surface area contributed by atoms with Gasteiger partial charge in [-0.2, -0.15) is 0 Å². The first-order chi connectivity index (χ1) is 9.40. The zero-order chi connectivity index (χ0) is 15.1. The highest BCUT2D eigenvalue weighted by Gasteiger charge is 2.22. The number of nitrogens with two attached hydrogens (primary N) is 1. The fourth-order valence-electron chi connectivity index (χ4n) is 2.27. The highest BCUT2D eigenvalue weighted by molar-refractivity contribution is 5.85. The molecule has 0 aliphatic carbocycles. The van der Waals surface area contributed by atoms with Crippen molar-refractivity contribution < 1.29 is 19.5 Å². The minimum absolute atomic E-state index is 0.243. The van der Waals surface area contributed by atoms with E-state index in [1.807, 2.05) is 7.05 Å². The average molecular weight is 286 g/mol. The summed E-state index contributed by atoms with van der Waals surface area (Å²) in [6.07, 6.45) is 3.25. The Morgan fingerprint density at radius 1 is 1.35 bits per heavy atom. The number of rotatable bonds is 6. The highest BCUT2D eigenvalue weighted by Crippen LogP contribution is 2.13. The molecule has 0 aromatic rings. The van der Waals surface area contributed by atoms with Crippen LogP contribution in [0.5, 0.6) is 0 Å². The van der Waals surface area contributed by atoms with Crippen LogP contribution in [0.4, 0.5) is 4.79 Å². The normalized spacial score (nSPS) is 19.4. The van der Waals surface area contributed by atoms with Gasteiger partial charge in [0.2, 0.25) is 5.91 Å². The predicted octanol–water partition coefficient (Wildman–Crippen LogP) is -0.948. The summed E-state index contributed by atoms with van der Waals surface area (Å²) in [6, 6.07) is -0.335. The first-order valence-corrected chi connectivity index (χ1v) is 6.63. The molecule has 1 unspecified atom stereocenters. The van der Waals surface area contributed by atoms with Crippen LogP contribution in [0.15, 0.2) is 0 Å². The summed E-state index contributed by atoms with van der Waals surface area (Å²) in [4.78, 5) is 36.5. The lowest BCUT2D eigenvalue weighted by Gasteiger charge is -2.33. The molecule has 3 amide bonds. The van der Waals surface area contributed by atoms with Gasteiger partial charge >= 0.3 is 12.0 Å². The Bertz CT molecular complexity index is 358. The van der Waals surface area contributed by atoms with Crippen LogP contribution in [0.1, 0.15) is 19.3 Å². The molecule has 8 heteroatoms. The molecule has 0 saturated carbocycles. The van der Waals surface area contributed by atoms with Crippen molar-refractivity contribution in [3.05, 3.63) is 0 Å². The number of likely N-dealkylation sites (tertiary alicyclic amines) is 1. The maximum absolute atomic E-state index is 11.9. The molecule has 0 radical (unpaired) electrons. The van der Waals surface area contributed by atoms with E-state index in [0.717, 1.165) is 30.7 Å². The molecule has 8 nitrogen and oxygen atoms in total. The smallest absolute Gasteiger partial charge is 0.323 e. The summed E-state index contributed by atoms with van der Waals surface area (Å²) in [5, 5.41) is 11.4. The molecule has 20 heavy (non-hydrogen) atoms. The first kappa shape index (κ1) is 16.2. The van der Waals surface area contributed by atoms with Gasteiger partial charge in [0.15, 0.2) is 0 Å². The second-order valence-electron chi connectivity index (χ2n) is 5.03. The molecule has 0 spiro atoms. The van der Waals surface area contributed by atoms with Gasteiger partial charge in [-0.25, -0.2) is 4.79 Å². The van der Waals surface area contributed by atoms with Crippen molar-refractivity contribution in [2.24, 2.45) is 5.73 Å². The SMILES string of the molecule is CN1CCCCC1CNC(=O)N(CC(N)=O)CC(=O)O. The molecular formula is C12H22N4O4. The lowest BCUT2D eigenvalue weighted by Crippen LogP contribution is -2.50. The minimum Gasteiger partial charge on any atom is -0.480 e. The molecule has 1 aliphatic rings. The van der Waals surface area contributed by atoms with Crippen molar-refractivity contribution in [3.8, 4) is 0 Å². The minimum atomic E-state index is -1.18. The lowest BCUT2D eigenvalue weighted by atomic mass is 10.0. The third kappa shape index (κ3) is 5.43. The number of urea groups is 1. The quantitative estimate of drug-likeness (QED) is 0.582. The van der Waals surface area contributed by atoms with Gasteiger partial charge < -0.3 is 26.0 Å². The fourth-order valence-corrected chi connectivity index (χ4v) is 2.27. The van der Waals surface area contributed by atoms with Crippen LogP contribution >= 0.6 is 0 Å². The second-order valence-corrected chi connectivity index (χ2v) is 5.03. The summed E-state index contributed by atoms with van der Waals surface area (Å²) in [5.74, 6) is -1.92. The van der Waals surface area contributed by atoms with Gasteiger partial charge in [-0.05, 0) is 26.4 Å². The number of piperidine rings is 1. The molecule has 4 N–H and O–H groups in total. The van der Waals surface area contributed by atoms with E-state index < -0.39 is 31.0 Å². The van der Waals surface area contributed by atoms with Crippen molar-refractivity contribution in [1.29, 1.82) is 0 Å². The summed E-state index contributed by atoms with van der Waals surface area (Å²) in [5.41, 5.74) is 5.01. The van der Waals surface area contributed by atoms with Gasteiger partial charge in [0.25, 0.3) is 0 Å². The second kappa shape index (κ2) is 7.68. The van der Waals surface area contributed by atoms with Crippen molar-refractivity contribution >= 4 is 17.9 Å². The summed E-state index contributed by atoms with van der Waals surface area (Å²) < 4.78 is 0. The van der Waals surface area contributed by atoms with E-state index in [1.165, 1.54) is 0 Å². The molecule has 1 heterocycles. The lowest BCUT2D eigenvalue weighted by molar-refractivity contribution is -0.137. The van der Waals surface area contributed by atoms with Gasteiger partial charge in [-0.3, -0.25) is 9.59 Å². The van der Waals surface area contributed by atoms with Crippen LogP contribution in [0.25, 0.3) is 0 Å². The van der Waals surface area contributed by atoms with Crippen molar-refractivity contribution in [2.45, 2.75) is 25.3 Å². The van der Waals surface area contributed by atoms with Crippen molar-refractivity contribution in [2.75, 3.05) is 33.2 Å². The molecule has 0 bridgehead atoms. The van der Waals surface area contributed by atoms with E-state index in [2.05, 4.69) is 10.2 Å². The maximum Gasteiger partial charge on any atom is 0.323 e. The van der Waals surface area contributed by atoms with Crippen LogP contribution in [0.2, 0.25) is 0 Å². The Morgan fingerprint density at radius 2 is 2.05 bits per heavy atom. The third-order valence-electron chi connectivity index (χ3n) is 3.37. The maximum atomic E-state index is 11.9. The number of amides is 3. The Hall–Kier alpha value is -1.83. The van der Waals surface area contributed by atoms with Gasteiger partial charge in [0.05, 0.1) is 0 Å². The standard InChI is InChI=1S/C12H22N4O4/c1-15-5-3-2-4-9(15)6-14-12(20)16(7-10(13)17)8-11(18)19/h9H,2-8H2,1H3,(H2,13,17)(H,14,20)(H,18,19). The van der Waals surface area contributed by atoms with E-state index >= 15 is 0 Å². The number of carbonyl (C=O) groups excluding carboxylic acids is 2.